The van der Waals surface area contributed by atoms with Crippen molar-refractivity contribution < 1.29 is 22.4 Å². The molecule has 2 rings (SSSR count). The van der Waals surface area contributed by atoms with Crippen LogP contribution in [-0.4, -0.2) is 29.6 Å². The van der Waals surface area contributed by atoms with E-state index in [1.54, 1.807) is 6.07 Å². The van der Waals surface area contributed by atoms with E-state index in [0.717, 1.165) is 0 Å². The van der Waals surface area contributed by atoms with Crippen molar-refractivity contribution in [2.75, 3.05) is 7.05 Å². The van der Waals surface area contributed by atoms with E-state index >= 15 is 0 Å². The Balaban J connectivity index is 0.00000288. The average molecular weight is 364 g/mol. The van der Waals surface area contributed by atoms with Crippen molar-refractivity contribution in [3.05, 3.63) is 41.5 Å². The van der Waals surface area contributed by atoms with E-state index in [2.05, 4.69) is 20.2 Å². The molecule has 24 heavy (non-hydrogen) atoms. The number of hydrogen-bond acceptors (Lipinski definition) is 5. The molecule has 0 aliphatic carbocycles. The number of aromatic nitrogens is 2. The predicted molar refractivity (Wildman–Crippen MR) is 85.8 cm³/mol. The zero-order valence-electron chi connectivity index (χ0n) is 13.0. The highest BCUT2D eigenvalue weighted by molar-refractivity contribution is 5.85. The van der Waals surface area contributed by atoms with Crippen LogP contribution in [-0.2, 0) is 6.42 Å². The topological polar surface area (TPSA) is 60.2 Å². The molecule has 0 saturated carbocycles. The third kappa shape index (κ3) is 6.21. The number of likely N-dealkylation sites (N-methyl/N-ethyl adjacent to an activating group) is 1. The zero-order chi connectivity index (χ0) is 16.9. The van der Waals surface area contributed by atoms with Crippen LogP contribution < -0.4 is 10.1 Å². The van der Waals surface area contributed by atoms with Gasteiger partial charge in [-0.05, 0) is 26.1 Å². The Hall–Kier alpha value is -2.06. The Morgan fingerprint density at radius 1 is 1.29 bits per heavy atom. The number of para-hydroxylation sites is 1. The number of alkyl halides is 3. The predicted octanol–water partition coefficient (Wildman–Crippen LogP) is 3.71. The van der Waals surface area contributed by atoms with Gasteiger partial charge in [-0.1, -0.05) is 23.4 Å². The number of hydrogen-bond donors (Lipinski definition) is 1. The van der Waals surface area contributed by atoms with Crippen LogP contribution in [0, 0.1) is 0 Å². The Bertz CT molecular complexity index is 674. The maximum atomic E-state index is 12.3. The average Bonchev–Trinajstić information content (AvgIpc) is 2.92. The molecule has 1 aromatic carbocycles. The van der Waals surface area contributed by atoms with Crippen LogP contribution >= 0.6 is 12.4 Å². The third-order valence-corrected chi connectivity index (χ3v) is 3.02. The second-order valence-corrected chi connectivity index (χ2v) is 4.86. The van der Waals surface area contributed by atoms with E-state index in [1.807, 2.05) is 14.0 Å². The number of halogens is 4. The lowest BCUT2D eigenvalue weighted by molar-refractivity contribution is -0.274. The summed E-state index contributed by atoms with van der Waals surface area (Å²) in [6.07, 6.45) is -1.29. The van der Waals surface area contributed by atoms with Crippen molar-refractivity contribution >= 4 is 24.6 Å². The molecule has 2 aromatic rings. The van der Waals surface area contributed by atoms with Crippen LogP contribution in [0.15, 0.2) is 28.8 Å². The molecule has 1 atom stereocenters. The highest BCUT2D eigenvalue weighted by Gasteiger charge is 2.31. The van der Waals surface area contributed by atoms with Gasteiger partial charge in [0.05, 0.1) is 0 Å². The Morgan fingerprint density at radius 2 is 2.00 bits per heavy atom. The summed E-state index contributed by atoms with van der Waals surface area (Å²) in [7, 11) is 1.82. The molecular weight excluding hydrogens is 347 g/mol. The standard InChI is InChI=1S/C15H16F3N3O2.ClH/c1-10(19-2)9-13-20-14(23-21-13)8-7-11-5-3-4-6-12(11)22-15(16,17)18;/h3-8,10,19H,9H2,1-2H3;1H/b8-7+;. The molecule has 1 unspecified atom stereocenters. The van der Waals surface area contributed by atoms with E-state index in [9.17, 15) is 13.2 Å². The molecule has 1 aromatic heterocycles. The van der Waals surface area contributed by atoms with Gasteiger partial charge >= 0.3 is 6.36 Å². The second kappa shape index (κ2) is 8.70. The summed E-state index contributed by atoms with van der Waals surface area (Å²) in [6, 6.07) is 5.99. The van der Waals surface area contributed by atoms with Gasteiger partial charge in [0.25, 0.3) is 5.89 Å². The van der Waals surface area contributed by atoms with Crippen LogP contribution in [0.5, 0.6) is 5.75 Å². The molecule has 5 nitrogen and oxygen atoms in total. The molecule has 1 N–H and O–H groups in total. The first-order valence-corrected chi connectivity index (χ1v) is 6.90. The van der Waals surface area contributed by atoms with Gasteiger partial charge in [0.1, 0.15) is 5.75 Å². The number of rotatable bonds is 6. The minimum Gasteiger partial charge on any atom is -0.405 e. The van der Waals surface area contributed by atoms with Gasteiger partial charge in [0.15, 0.2) is 5.82 Å². The fourth-order valence-corrected chi connectivity index (χ4v) is 1.79. The lowest BCUT2D eigenvalue weighted by Crippen LogP contribution is -2.24. The van der Waals surface area contributed by atoms with E-state index in [-0.39, 0.29) is 35.7 Å². The second-order valence-electron chi connectivity index (χ2n) is 4.86. The monoisotopic (exact) mass is 363 g/mol. The number of nitrogens with one attached hydrogen (secondary N) is 1. The maximum absolute atomic E-state index is 12.3. The molecule has 0 aliphatic rings. The van der Waals surface area contributed by atoms with Crippen LogP contribution in [0.4, 0.5) is 13.2 Å². The number of nitrogens with zero attached hydrogens (tertiary/aromatic N) is 2. The molecule has 0 spiro atoms. The quantitative estimate of drug-likeness (QED) is 0.847. The maximum Gasteiger partial charge on any atom is 0.573 e. The van der Waals surface area contributed by atoms with Crippen molar-refractivity contribution in [1.29, 1.82) is 0 Å². The summed E-state index contributed by atoms with van der Waals surface area (Å²) in [5.41, 5.74) is 0.258. The van der Waals surface area contributed by atoms with Crippen LogP contribution in [0.2, 0.25) is 0 Å². The Morgan fingerprint density at radius 3 is 2.67 bits per heavy atom. The Labute approximate surface area is 143 Å². The summed E-state index contributed by atoms with van der Waals surface area (Å²) >= 11 is 0. The summed E-state index contributed by atoms with van der Waals surface area (Å²) in [6.45, 7) is 1.97. The molecule has 0 radical (unpaired) electrons. The summed E-state index contributed by atoms with van der Waals surface area (Å²) in [5.74, 6) is 0.441. The number of benzene rings is 1. The van der Waals surface area contributed by atoms with Crippen molar-refractivity contribution in [3.63, 3.8) is 0 Å². The van der Waals surface area contributed by atoms with Gasteiger partial charge in [-0.25, -0.2) is 0 Å². The van der Waals surface area contributed by atoms with Crippen molar-refractivity contribution in [1.82, 2.24) is 15.5 Å². The van der Waals surface area contributed by atoms with E-state index in [4.69, 9.17) is 4.52 Å². The van der Waals surface area contributed by atoms with Gasteiger partial charge in [-0.2, -0.15) is 4.98 Å². The smallest absolute Gasteiger partial charge is 0.405 e. The van der Waals surface area contributed by atoms with Crippen molar-refractivity contribution in [2.45, 2.75) is 25.7 Å². The molecule has 9 heteroatoms. The highest BCUT2D eigenvalue weighted by Crippen LogP contribution is 2.27. The highest BCUT2D eigenvalue weighted by atomic mass is 35.5. The van der Waals surface area contributed by atoms with E-state index in [1.165, 1.54) is 30.4 Å². The minimum absolute atomic E-state index is 0. The zero-order valence-corrected chi connectivity index (χ0v) is 13.8. The first-order chi connectivity index (χ1) is 10.9. The Kier molecular flexibility index (Phi) is 7.24. The summed E-state index contributed by atoms with van der Waals surface area (Å²) in [5, 5.41) is 6.86. The number of ether oxygens (including phenoxy) is 1. The SMILES string of the molecule is CNC(C)Cc1noc(/C=C/c2ccccc2OC(F)(F)F)n1.Cl. The fraction of sp³-hybridized carbons (Fsp3) is 0.333. The summed E-state index contributed by atoms with van der Waals surface area (Å²) in [4.78, 5) is 4.15. The third-order valence-electron chi connectivity index (χ3n) is 3.02. The van der Waals surface area contributed by atoms with Crippen molar-refractivity contribution in [2.24, 2.45) is 0 Å². The van der Waals surface area contributed by atoms with Gasteiger partial charge in [-0.3, -0.25) is 0 Å². The van der Waals surface area contributed by atoms with E-state index in [0.29, 0.717) is 12.2 Å². The fourth-order valence-electron chi connectivity index (χ4n) is 1.79. The normalized spacial score (nSPS) is 12.9. The van der Waals surface area contributed by atoms with Gasteiger partial charge in [0.2, 0.25) is 0 Å². The molecule has 0 fully saturated rings. The van der Waals surface area contributed by atoms with E-state index < -0.39 is 6.36 Å². The molecule has 132 valence electrons. The van der Waals surface area contributed by atoms with Crippen LogP contribution in [0.1, 0.15) is 24.2 Å². The molecule has 0 amide bonds. The first-order valence-electron chi connectivity index (χ1n) is 6.90. The van der Waals surface area contributed by atoms with Gasteiger partial charge in [-0.15, -0.1) is 25.6 Å². The molecule has 0 aliphatic heterocycles. The van der Waals surface area contributed by atoms with Crippen LogP contribution in [0.25, 0.3) is 12.2 Å². The van der Waals surface area contributed by atoms with Crippen LogP contribution in [0.3, 0.4) is 0 Å². The lowest BCUT2D eigenvalue weighted by Gasteiger charge is -2.10. The molecule has 1 heterocycles. The molecular formula is C15H17ClF3N3O2. The first kappa shape index (κ1) is 20.0. The summed E-state index contributed by atoms with van der Waals surface area (Å²) < 4.78 is 46.1. The minimum atomic E-state index is -4.75. The van der Waals surface area contributed by atoms with Gasteiger partial charge < -0.3 is 14.6 Å². The molecule has 0 saturated heterocycles. The lowest BCUT2D eigenvalue weighted by atomic mass is 10.2. The largest absolute Gasteiger partial charge is 0.573 e. The van der Waals surface area contributed by atoms with Gasteiger partial charge in [0, 0.05) is 24.1 Å². The van der Waals surface area contributed by atoms with Crippen molar-refractivity contribution in [3.8, 4) is 5.75 Å². The molecule has 0 bridgehead atoms.